The Bertz CT molecular complexity index is 608. The second kappa shape index (κ2) is 5.64. The summed E-state index contributed by atoms with van der Waals surface area (Å²) in [4.78, 5) is 16.2. The van der Waals surface area contributed by atoms with Crippen molar-refractivity contribution in [3.8, 4) is 5.69 Å². The molecule has 0 aliphatic heterocycles. The number of nitrogens with zero attached hydrogens (tertiary/aromatic N) is 2. The molecule has 2 rings (SSSR count). The van der Waals surface area contributed by atoms with Crippen molar-refractivity contribution in [1.29, 1.82) is 0 Å². The van der Waals surface area contributed by atoms with Crippen LogP contribution in [-0.4, -0.2) is 21.0 Å². The first-order valence-corrected chi connectivity index (χ1v) is 6.70. The Kier molecular flexibility index (Phi) is 4.11. The van der Waals surface area contributed by atoms with Crippen LogP contribution in [0.1, 0.15) is 20.3 Å². The average molecular weight is 293 g/mol. The number of para-hydroxylation sites is 1. The predicted octanol–water partition coefficient (Wildman–Crippen LogP) is 2.59. The van der Waals surface area contributed by atoms with Crippen LogP contribution in [0.3, 0.4) is 0 Å². The number of aromatic nitrogens is 2. The zero-order valence-electron chi connectivity index (χ0n) is 11.4. The highest BCUT2D eigenvalue weighted by Gasteiger charge is 2.26. The maximum Gasteiger partial charge on any atom is 0.244 e. The number of benzene rings is 1. The standard InChI is InChI=1S/C14H17ClN4O/c1-3-14(2,16)13(20)18-11-6-4-5-10(15)12(11)19-8-7-17-9-19/h4-9H,3,16H2,1-2H3,(H,18,20). The Labute approximate surface area is 122 Å². The quantitative estimate of drug-likeness (QED) is 0.910. The number of halogens is 1. The molecule has 106 valence electrons. The molecule has 0 bridgehead atoms. The Balaban J connectivity index is 2.39. The largest absolute Gasteiger partial charge is 0.323 e. The second-order valence-electron chi connectivity index (χ2n) is 4.83. The molecule has 1 atom stereocenters. The van der Waals surface area contributed by atoms with E-state index in [0.717, 1.165) is 0 Å². The molecule has 1 amide bonds. The van der Waals surface area contributed by atoms with Gasteiger partial charge in [-0.05, 0) is 25.5 Å². The average Bonchev–Trinajstić information content (AvgIpc) is 2.92. The van der Waals surface area contributed by atoms with E-state index in [1.807, 2.05) is 6.92 Å². The van der Waals surface area contributed by atoms with E-state index in [1.165, 1.54) is 0 Å². The molecule has 5 nitrogen and oxygen atoms in total. The molecule has 0 saturated carbocycles. The maximum absolute atomic E-state index is 12.2. The molecular formula is C14H17ClN4O. The summed E-state index contributed by atoms with van der Waals surface area (Å²) in [6.45, 7) is 3.57. The van der Waals surface area contributed by atoms with Crippen LogP contribution in [0.2, 0.25) is 5.02 Å². The third-order valence-corrected chi connectivity index (χ3v) is 3.56. The second-order valence-corrected chi connectivity index (χ2v) is 5.24. The van der Waals surface area contributed by atoms with Crippen molar-refractivity contribution in [2.45, 2.75) is 25.8 Å². The first kappa shape index (κ1) is 14.6. The van der Waals surface area contributed by atoms with Crippen LogP contribution in [0.4, 0.5) is 5.69 Å². The van der Waals surface area contributed by atoms with Crippen LogP contribution in [0, 0.1) is 0 Å². The fourth-order valence-electron chi connectivity index (χ4n) is 1.70. The smallest absolute Gasteiger partial charge is 0.244 e. The van der Waals surface area contributed by atoms with Gasteiger partial charge in [-0.15, -0.1) is 0 Å². The molecule has 0 aliphatic rings. The van der Waals surface area contributed by atoms with Crippen molar-refractivity contribution in [2.24, 2.45) is 5.73 Å². The lowest BCUT2D eigenvalue weighted by atomic mass is 9.99. The predicted molar refractivity (Wildman–Crippen MR) is 80.1 cm³/mol. The summed E-state index contributed by atoms with van der Waals surface area (Å²) < 4.78 is 1.75. The molecule has 2 aromatic rings. The van der Waals surface area contributed by atoms with E-state index >= 15 is 0 Å². The molecule has 0 spiro atoms. The van der Waals surface area contributed by atoms with E-state index in [1.54, 1.807) is 48.4 Å². The Morgan fingerprint density at radius 1 is 1.55 bits per heavy atom. The number of carbonyl (C=O) groups excluding carboxylic acids is 1. The van der Waals surface area contributed by atoms with Crippen LogP contribution < -0.4 is 11.1 Å². The van der Waals surface area contributed by atoms with E-state index in [0.29, 0.717) is 22.8 Å². The van der Waals surface area contributed by atoms with Gasteiger partial charge in [0, 0.05) is 12.4 Å². The summed E-state index contributed by atoms with van der Waals surface area (Å²) in [6, 6.07) is 5.32. The first-order valence-electron chi connectivity index (χ1n) is 6.33. The summed E-state index contributed by atoms with van der Waals surface area (Å²) >= 11 is 6.22. The Morgan fingerprint density at radius 2 is 2.30 bits per heavy atom. The monoisotopic (exact) mass is 292 g/mol. The zero-order valence-corrected chi connectivity index (χ0v) is 12.2. The highest BCUT2D eigenvalue weighted by atomic mass is 35.5. The molecule has 3 N–H and O–H groups in total. The molecule has 1 aromatic heterocycles. The van der Waals surface area contributed by atoms with E-state index in [4.69, 9.17) is 17.3 Å². The summed E-state index contributed by atoms with van der Waals surface area (Å²) in [6.07, 6.45) is 5.57. The molecular weight excluding hydrogens is 276 g/mol. The summed E-state index contributed by atoms with van der Waals surface area (Å²) in [5.74, 6) is -0.247. The summed E-state index contributed by atoms with van der Waals surface area (Å²) in [5.41, 5.74) is 6.30. The molecule has 1 unspecified atom stereocenters. The number of imidazole rings is 1. The van der Waals surface area contributed by atoms with Crippen molar-refractivity contribution in [3.05, 3.63) is 41.9 Å². The van der Waals surface area contributed by atoms with Gasteiger partial charge in [0.25, 0.3) is 0 Å². The van der Waals surface area contributed by atoms with Crippen LogP contribution >= 0.6 is 11.6 Å². The van der Waals surface area contributed by atoms with E-state index in [9.17, 15) is 4.79 Å². The van der Waals surface area contributed by atoms with Crippen molar-refractivity contribution in [1.82, 2.24) is 9.55 Å². The van der Waals surface area contributed by atoms with Gasteiger partial charge in [-0.2, -0.15) is 0 Å². The minimum atomic E-state index is -0.922. The van der Waals surface area contributed by atoms with Crippen LogP contribution in [0.15, 0.2) is 36.9 Å². The maximum atomic E-state index is 12.2. The lowest BCUT2D eigenvalue weighted by molar-refractivity contribution is -0.120. The fraction of sp³-hybridized carbons (Fsp3) is 0.286. The van der Waals surface area contributed by atoms with Crippen molar-refractivity contribution >= 4 is 23.2 Å². The number of hydrogen-bond acceptors (Lipinski definition) is 3. The van der Waals surface area contributed by atoms with Gasteiger partial charge in [0.2, 0.25) is 5.91 Å². The number of hydrogen-bond donors (Lipinski definition) is 2. The van der Waals surface area contributed by atoms with Gasteiger partial charge in [-0.1, -0.05) is 24.6 Å². The number of rotatable bonds is 4. The minimum Gasteiger partial charge on any atom is -0.323 e. The number of amides is 1. The zero-order chi connectivity index (χ0) is 14.8. The summed E-state index contributed by atoms with van der Waals surface area (Å²) in [5, 5.41) is 3.36. The Morgan fingerprint density at radius 3 is 2.90 bits per heavy atom. The molecule has 20 heavy (non-hydrogen) atoms. The van der Waals surface area contributed by atoms with E-state index in [-0.39, 0.29) is 5.91 Å². The van der Waals surface area contributed by atoms with Gasteiger partial charge in [-0.25, -0.2) is 4.98 Å². The highest BCUT2D eigenvalue weighted by Crippen LogP contribution is 2.29. The van der Waals surface area contributed by atoms with E-state index < -0.39 is 5.54 Å². The van der Waals surface area contributed by atoms with Gasteiger partial charge in [0.05, 0.1) is 28.3 Å². The lowest BCUT2D eigenvalue weighted by Crippen LogP contribution is -2.47. The van der Waals surface area contributed by atoms with Gasteiger partial charge in [-0.3, -0.25) is 4.79 Å². The number of nitrogens with two attached hydrogens (primary N) is 1. The van der Waals surface area contributed by atoms with Crippen LogP contribution in [0.25, 0.3) is 5.69 Å². The highest BCUT2D eigenvalue weighted by molar-refractivity contribution is 6.33. The SMILES string of the molecule is CCC(C)(N)C(=O)Nc1cccc(Cl)c1-n1ccnc1. The van der Waals surface area contributed by atoms with Crippen molar-refractivity contribution in [2.75, 3.05) is 5.32 Å². The fourth-order valence-corrected chi connectivity index (χ4v) is 1.97. The molecule has 0 fully saturated rings. The Hall–Kier alpha value is -1.85. The topological polar surface area (TPSA) is 72.9 Å². The van der Waals surface area contributed by atoms with Gasteiger partial charge < -0.3 is 15.6 Å². The minimum absolute atomic E-state index is 0.247. The van der Waals surface area contributed by atoms with Crippen LogP contribution in [0.5, 0.6) is 0 Å². The third kappa shape index (κ3) is 2.84. The molecule has 0 aliphatic carbocycles. The number of anilines is 1. The normalized spacial score (nSPS) is 13.8. The van der Waals surface area contributed by atoms with Crippen molar-refractivity contribution < 1.29 is 4.79 Å². The van der Waals surface area contributed by atoms with Crippen LogP contribution in [-0.2, 0) is 4.79 Å². The number of carbonyl (C=O) groups is 1. The molecule has 1 heterocycles. The van der Waals surface area contributed by atoms with Gasteiger partial charge in [0.1, 0.15) is 0 Å². The lowest BCUT2D eigenvalue weighted by Gasteiger charge is -2.23. The molecule has 6 heteroatoms. The van der Waals surface area contributed by atoms with E-state index in [2.05, 4.69) is 10.3 Å². The molecule has 1 aromatic carbocycles. The molecule has 0 saturated heterocycles. The number of nitrogens with one attached hydrogen (secondary N) is 1. The molecule has 0 radical (unpaired) electrons. The van der Waals surface area contributed by atoms with Gasteiger partial charge in [0.15, 0.2) is 0 Å². The first-order chi connectivity index (χ1) is 9.45. The summed E-state index contributed by atoms with van der Waals surface area (Å²) in [7, 11) is 0. The van der Waals surface area contributed by atoms with Crippen molar-refractivity contribution in [3.63, 3.8) is 0 Å². The third-order valence-electron chi connectivity index (χ3n) is 3.25. The van der Waals surface area contributed by atoms with Gasteiger partial charge >= 0.3 is 0 Å².